The van der Waals surface area contributed by atoms with Crippen molar-refractivity contribution >= 4 is 23.2 Å². The number of rotatable bonds is 3. The largest absolute Gasteiger partial charge is 0.322 e. The number of anilines is 1. The summed E-state index contributed by atoms with van der Waals surface area (Å²) < 4.78 is 0. The number of para-hydroxylation sites is 1. The highest BCUT2D eigenvalue weighted by Gasteiger charge is 2.13. The predicted octanol–water partition coefficient (Wildman–Crippen LogP) is 4.73. The lowest BCUT2D eigenvalue weighted by atomic mass is 10.1. The molecule has 2 aromatic rings. The van der Waals surface area contributed by atoms with E-state index in [0.717, 1.165) is 22.5 Å². The number of nitrogens with one attached hydrogen (secondary N) is 1. The van der Waals surface area contributed by atoms with Crippen LogP contribution in [0.4, 0.5) is 5.69 Å². The number of aromatic nitrogens is 1. The number of pyridine rings is 1. The van der Waals surface area contributed by atoms with Gasteiger partial charge in [0.15, 0.2) is 0 Å². The van der Waals surface area contributed by atoms with E-state index in [1.807, 2.05) is 45.9 Å². The number of carbonyl (C=O) groups is 1. The van der Waals surface area contributed by atoms with Crippen LogP contribution >= 0.6 is 11.6 Å². The maximum Gasteiger partial charge on any atom is 0.255 e. The van der Waals surface area contributed by atoms with Crippen LogP contribution in [0, 0.1) is 13.8 Å². The number of nitrogens with zero attached hydrogens (tertiary/aromatic N) is 1. The summed E-state index contributed by atoms with van der Waals surface area (Å²) in [7, 11) is 0. The van der Waals surface area contributed by atoms with E-state index < -0.39 is 0 Å². The van der Waals surface area contributed by atoms with Gasteiger partial charge < -0.3 is 5.32 Å². The number of benzene rings is 1. The average molecular weight is 303 g/mol. The van der Waals surface area contributed by atoms with Crippen LogP contribution in [0.15, 0.2) is 30.3 Å². The molecule has 1 aromatic carbocycles. The maximum atomic E-state index is 12.4. The van der Waals surface area contributed by atoms with Gasteiger partial charge in [0.05, 0.1) is 0 Å². The Morgan fingerprint density at radius 1 is 1.19 bits per heavy atom. The molecule has 1 N–H and O–H groups in total. The Labute approximate surface area is 130 Å². The number of hydrogen-bond donors (Lipinski definition) is 1. The van der Waals surface area contributed by atoms with E-state index in [2.05, 4.69) is 10.3 Å². The first-order valence-corrected chi connectivity index (χ1v) is 7.31. The van der Waals surface area contributed by atoms with E-state index in [0.29, 0.717) is 10.7 Å². The van der Waals surface area contributed by atoms with Gasteiger partial charge in [-0.25, -0.2) is 4.98 Å². The topological polar surface area (TPSA) is 42.0 Å². The first kappa shape index (κ1) is 15.5. The van der Waals surface area contributed by atoms with Crippen molar-refractivity contribution < 1.29 is 4.79 Å². The fraction of sp³-hybridized carbons (Fsp3) is 0.294. The third-order valence-corrected chi connectivity index (χ3v) is 3.58. The van der Waals surface area contributed by atoms with Gasteiger partial charge in [-0.05, 0) is 43.0 Å². The highest BCUT2D eigenvalue weighted by molar-refractivity contribution is 6.29. The minimum absolute atomic E-state index is 0.168. The summed E-state index contributed by atoms with van der Waals surface area (Å²) in [6.45, 7) is 7.99. The second-order valence-corrected chi connectivity index (χ2v) is 5.87. The Kier molecular flexibility index (Phi) is 4.63. The molecule has 0 spiro atoms. The van der Waals surface area contributed by atoms with Crippen LogP contribution < -0.4 is 5.32 Å². The van der Waals surface area contributed by atoms with Crippen molar-refractivity contribution in [3.63, 3.8) is 0 Å². The molecule has 0 saturated carbocycles. The van der Waals surface area contributed by atoms with Crippen LogP contribution in [0.1, 0.15) is 46.9 Å². The molecule has 3 nitrogen and oxygen atoms in total. The molecule has 4 heteroatoms. The number of carbonyl (C=O) groups excluding carboxylic acids is 1. The Morgan fingerprint density at radius 2 is 1.81 bits per heavy atom. The predicted molar refractivity (Wildman–Crippen MR) is 87.2 cm³/mol. The maximum absolute atomic E-state index is 12.4. The molecule has 0 saturated heterocycles. The van der Waals surface area contributed by atoms with Crippen LogP contribution in [-0.2, 0) is 0 Å². The zero-order chi connectivity index (χ0) is 15.6. The van der Waals surface area contributed by atoms with Gasteiger partial charge in [-0.3, -0.25) is 4.79 Å². The second kappa shape index (κ2) is 6.27. The van der Waals surface area contributed by atoms with E-state index in [1.54, 1.807) is 12.1 Å². The molecule has 1 heterocycles. The van der Waals surface area contributed by atoms with Gasteiger partial charge in [0.1, 0.15) is 5.15 Å². The van der Waals surface area contributed by atoms with Crippen molar-refractivity contribution in [3.05, 3.63) is 57.9 Å². The summed E-state index contributed by atoms with van der Waals surface area (Å²) in [6, 6.07) is 9.31. The number of hydrogen-bond acceptors (Lipinski definition) is 2. The van der Waals surface area contributed by atoms with Crippen molar-refractivity contribution in [2.75, 3.05) is 5.32 Å². The highest BCUT2D eigenvalue weighted by Crippen LogP contribution is 2.22. The molecule has 0 bridgehead atoms. The molecule has 1 aromatic heterocycles. The SMILES string of the molecule is Cc1cccc(C)c1NC(=O)c1cc(Cl)nc(C(C)C)c1. The quantitative estimate of drug-likeness (QED) is 0.833. The van der Waals surface area contributed by atoms with Crippen molar-refractivity contribution in [2.24, 2.45) is 0 Å². The lowest BCUT2D eigenvalue weighted by Gasteiger charge is -2.13. The molecule has 0 fully saturated rings. The Balaban J connectivity index is 2.33. The van der Waals surface area contributed by atoms with Crippen molar-refractivity contribution in [1.82, 2.24) is 4.98 Å². The lowest BCUT2D eigenvalue weighted by Crippen LogP contribution is -2.14. The number of halogens is 1. The molecule has 0 aliphatic heterocycles. The van der Waals surface area contributed by atoms with Crippen molar-refractivity contribution in [2.45, 2.75) is 33.6 Å². The van der Waals surface area contributed by atoms with Crippen LogP contribution in [-0.4, -0.2) is 10.9 Å². The zero-order valence-electron chi connectivity index (χ0n) is 12.7. The van der Waals surface area contributed by atoms with Gasteiger partial charge >= 0.3 is 0 Å². The molecule has 2 rings (SSSR count). The summed E-state index contributed by atoms with van der Waals surface area (Å²) in [4.78, 5) is 16.7. The van der Waals surface area contributed by atoms with Gasteiger partial charge in [-0.1, -0.05) is 43.6 Å². The second-order valence-electron chi connectivity index (χ2n) is 5.48. The standard InChI is InChI=1S/C17H19ClN2O/c1-10(2)14-8-13(9-15(18)19-14)17(21)20-16-11(3)6-5-7-12(16)4/h5-10H,1-4H3,(H,20,21). The third kappa shape index (κ3) is 3.61. The van der Waals surface area contributed by atoms with E-state index in [9.17, 15) is 4.79 Å². The summed E-state index contributed by atoms with van der Waals surface area (Å²) in [5.74, 6) is 0.0500. The first-order valence-electron chi connectivity index (χ1n) is 6.93. The lowest BCUT2D eigenvalue weighted by molar-refractivity contribution is 0.102. The Hall–Kier alpha value is -1.87. The van der Waals surface area contributed by atoms with Crippen LogP contribution in [0.25, 0.3) is 0 Å². The summed E-state index contributed by atoms with van der Waals surface area (Å²) in [5.41, 5.74) is 4.26. The highest BCUT2D eigenvalue weighted by atomic mass is 35.5. The van der Waals surface area contributed by atoms with Gasteiger partial charge in [-0.15, -0.1) is 0 Å². The van der Waals surface area contributed by atoms with Gasteiger partial charge in [0.2, 0.25) is 0 Å². The molecular weight excluding hydrogens is 284 g/mol. The van der Waals surface area contributed by atoms with E-state index in [1.165, 1.54) is 0 Å². The molecule has 21 heavy (non-hydrogen) atoms. The molecule has 0 atom stereocenters. The smallest absolute Gasteiger partial charge is 0.255 e. The Bertz CT molecular complexity index is 660. The monoisotopic (exact) mass is 302 g/mol. The average Bonchev–Trinajstić information content (AvgIpc) is 2.42. The van der Waals surface area contributed by atoms with Crippen LogP contribution in [0.2, 0.25) is 5.15 Å². The summed E-state index contributed by atoms with van der Waals surface area (Å²) in [6.07, 6.45) is 0. The summed E-state index contributed by atoms with van der Waals surface area (Å²) >= 11 is 6.01. The van der Waals surface area contributed by atoms with Gasteiger partial charge in [0.25, 0.3) is 5.91 Å². The molecule has 1 amide bonds. The zero-order valence-corrected chi connectivity index (χ0v) is 13.5. The normalized spacial score (nSPS) is 10.8. The van der Waals surface area contributed by atoms with Gasteiger partial charge in [-0.2, -0.15) is 0 Å². The fourth-order valence-electron chi connectivity index (χ4n) is 2.14. The van der Waals surface area contributed by atoms with Gasteiger partial charge in [0, 0.05) is 16.9 Å². The summed E-state index contributed by atoms with van der Waals surface area (Å²) in [5, 5.41) is 3.30. The molecule has 0 radical (unpaired) electrons. The number of aryl methyl sites for hydroxylation is 2. The molecule has 0 unspecified atom stereocenters. The van der Waals surface area contributed by atoms with E-state index >= 15 is 0 Å². The van der Waals surface area contributed by atoms with Crippen LogP contribution in [0.3, 0.4) is 0 Å². The first-order chi connectivity index (χ1) is 9.88. The molecule has 0 aliphatic rings. The third-order valence-electron chi connectivity index (χ3n) is 3.39. The molecule has 110 valence electrons. The minimum Gasteiger partial charge on any atom is -0.322 e. The van der Waals surface area contributed by atoms with E-state index in [4.69, 9.17) is 11.6 Å². The van der Waals surface area contributed by atoms with Crippen molar-refractivity contribution in [3.8, 4) is 0 Å². The minimum atomic E-state index is -0.168. The Morgan fingerprint density at radius 3 is 2.38 bits per heavy atom. The fourth-order valence-corrected chi connectivity index (χ4v) is 2.36. The van der Waals surface area contributed by atoms with Crippen molar-refractivity contribution in [1.29, 1.82) is 0 Å². The molecule has 0 aliphatic carbocycles. The molecular formula is C17H19ClN2O. The number of amides is 1. The van der Waals surface area contributed by atoms with E-state index in [-0.39, 0.29) is 11.8 Å². The van der Waals surface area contributed by atoms with Crippen LogP contribution in [0.5, 0.6) is 0 Å².